The second-order valence-corrected chi connectivity index (χ2v) is 5.48. The summed E-state index contributed by atoms with van der Waals surface area (Å²) in [4.78, 5) is 35.0. The Morgan fingerprint density at radius 1 is 1.24 bits per heavy atom. The number of anilines is 1. The molecule has 0 bridgehead atoms. The molecule has 0 amide bonds. The van der Waals surface area contributed by atoms with E-state index in [0.717, 1.165) is 0 Å². The minimum absolute atomic E-state index is 0.182. The number of aliphatic hydroxyl groups is 1. The van der Waals surface area contributed by atoms with Crippen molar-refractivity contribution in [3.05, 3.63) is 12.7 Å². The van der Waals surface area contributed by atoms with Crippen molar-refractivity contribution in [2.75, 3.05) is 12.3 Å². The van der Waals surface area contributed by atoms with Crippen LogP contribution in [0.1, 0.15) is 20.1 Å². The van der Waals surface area contributed by atoms with Crippen molar-refractivity contribution in [2.45, 2.75) is 38.4 Å². The van der Waals surface area contributed by atoms with Crippen molar-refractivity contribution in [3.63, 3.8) is 0 Å². The van der Waals surface area contributed by atoms with Gasteiger partial charge in [-0.15, -0.1) is 0 Å². The minimum atomic E-state index is -0.993. The molecule has 4 atom stereocenters. The van der Waals surface area contributed by atoms with E-state index < -0.39 is 43.1 Å². The topological polar surface area (TPSA) is 152 Å². The molecule has 0 aliphatic carbocycles. The summed E-state index contributed by atoms with van der Waals surface area (Å²) in [5, 5.41) is 9.55. The fourth-order valence-corrected chi connectivity index (χ4v) is 2.79. The van der Waals surface area contributed by atoms with E-state index in [9.17, 15) is 14.7 Å². The van der Waals surface area contributed by atoms with Crippen LogP contribution in [0.25, 0.3) is 11.2 Å². The van der Waals surface area contributed by atoms with Gasteiger partial charge < -0.3 is 25.1 Å². The van der Waals surface area contributed by atoms with Crippen LogP contribution in [-0.4, -0.2) is 61.5 Å². The van der Waals surface area contributed by atoms with Gasteiger partial charge in [0.05, 0.1) is 12.9 Å². The number of aliphatic hydroxyl groups excluding tert-OH is 1. The molecule has 0 spiro atoms. The zero-order valence-corrected chi connectivity index (χ0v) is 13.5. The first-order valence-electron chi connectivity index (χ1n) is 7.46. The zero-order chi connectivity index (χ0) is 18.1. The van der Waals surface area contributed by atoms with Crippen LogP contribution in [0, 0.1) is 0 Å². The van der Waals surface area contributed by atoms with E-state index in [1.165, 1.54) is 31.1 Å². The third kappa shape index (κ3) is 3.10. The van der Waals surface area contributed by atoms with Gasteiger partial charge in [-0.05, 0) is 0 Å². The molecule has 2 aromatic heterocycles. The highest BCUT2D eigenvalue weighted by atomic mass is 16.6. The lowest BCUT2D eigenvalue weighted by molar-refractivity contribution is -0.165. The second-order valence-electron chi connectivity index (χ2n) is 5.48. The van der Waals surface area contributed by atoms with E-state index in [4.69, 9.17) is 19.9 Å². The van der Waals surface area contributed by atoms with E-state index in [1.807, 2.05) is 0 Å². The Morgan fingerprint density at radius 2 is 1.92 bits per heavy atom. The highest BCUT2D eigenvalue weighted by Crippen LogP contribution is 2.35. The highest BCUT2D eigenvalue weighted by molar-refractivity contribution is 5.81. The Balaban J connectivity index is 2.04. The van der Waals surface area contributed by atoms with E-state index in [-0.39, 0.29) is 5.82 Å². The average molecular weight is 351 g/mol. The van der Waals surface area contributed by atoms with Gasteiger partial charge in [0.2, 0.25) is 0 Å². The number of rotatable bonds is 4. The summed E-state index contributed by atoms with van der Waals surface area (Å²) in [6.45, 7) is 2.00. The van der Waals surface area contributed by atoms with Crippen LogP contribution >= 0.6 is 0 Å². The Kier molecular flexibility index (Phi) is 4.51. The van der Waals surface area contributed by atoms with Crippen molar-refractivity contribution in [1.82, 2.24) is 19.5 Å². The fourth-order valence-electron chi connectivity index (χ4n) is 2.79. The van der Waals surface area contributed by atoms with Gasteiger partial charge in [-0.2, -0.15) is 0 Å². The number of ether oxygens (including phenoxy) is 3. The molecule has 11 nitrogen and oxygen atoms in total. The summed E-state index contributed by atoms with van der Waals surface area (Å²) in [7, 11) is 0. The largest absolute Gasteiger partial charge is 0.456 e. The number of esters is 2. The first-order chi connectivity index (χ1) is 11.9. The fraction of sp³-hybridized carbons (Fsp3) is 0.500. The molecular weight excluding hydrogens is 334 g/mol. The molecule has 2 aromatic rings. The number of fused-ring (bicyclic) bond motifs is 1. The van der Waals surface area contributed by atoms with Crippen molar-refractivity contribution in [3.8, 4) is 0 Å². The minimum Gasteiger partial charge on any atom is -0.456 e. The number of nitrogen functional groups attached to an aromatic ring is 1. The molecule has 1 aliphatic rings. The van der Waals surface area contributed by atoms with Gasteiger partial charge in [0.15, 0.2) is 29.9 Å². The standard InChI is InChI=1S/C14H17N5O6/c1-6(21)23-10-8(3-20)25-14(11(10)24-7(2)22)19-5-18-9-12(15)16-4-17-13(9)19/h4-5,8,10-11,14,20H,3H2,1-2H3,(H2,15,16,17)/t8-,10+,11-,14+/m1/s1. The maximum Gasteiger partial charge on any atom is 0.303 e. The average Bonchev–Trinajstić information content (AvgIpc) is 3.10. The maximum atomic E-state index is 11.5. The van der Waals surface area contributed by atoms with Gasteiger partial charge in [0.25, 0.3) is 0 Å². The highest BCUT2D eigenvalue weighted by Gasteiger charge is 2.50. The normalized spacial score (nSPS) is 25.9. The van der Waals surface area contributed by atoms with Gasteiger partial charge in [-0.1, -0.05) is 0 Å². The molecule has 1 aliphatic heterocycles. The van der Waals surface area contributed by atoms with E-state index in [0.29, 0.717) is 11.2 Å². The van der Waals surface area contributed by atoms with E-state index in [1.54, 1.807) is 0 Å². The monoisotopic (exact) mass is 351 g/mol. The molecule has 25 heavy (non-hydrogen) atoms. The molecular formula is C14H17N5O6. The number of aromatic nitrogens is 4. The first-order valence-corrected chi connectivity index (χ1v) is 7.46. The van der Waals surface area contributed by atoms with Crippen LogP contribution in [0.2, 0.25) is 0 Å². The van der Waals surface area contributed by atoms with Crippen LogP contribution in [0.3, 0.4) is 0 Å². The van der Waals surface area contributed by atoms with Crippen molar-refractivity contribution < 1.29 is 28.9 Å². The molecule has 0 unspecified atom stereocenters. The van der Waals surface area contributed by atoms with Crippen LogP contribution in [0.4, 0.5) is 5.82 Å². The lowest BCUT2D eigenvalue weighted by Gasteiger charge is -2.23. The first kappa shape index (κ1) is 17.0. The van der Waals surface area contributed by atoms with Crippen LogP contribution in [-0.2, 0) is 23.8 Å². The molecule has 11 heteroatoms. The van der Waals surface area contributed by atoms with Crippen LogP contribution in [0.15, 0.2) is 12.7 Å². The Bertz CT molecular complexity index is 808. The summed E-state index contributed by atoms with van der Waals surface area (Å²) in [5.41, 5.74) is 6.48. The SMILES string of the molecule is CC(=O)O[C@@H]1[C@@H](OC(C)=O)[C@@H](n2cnc3c(N)ncnc32)O[C@@H]1CO. The van der Waals surface area contributed by atoms with Crippen molar-refractivity contribution >= 4 is 28.9 Å². The predicted octanol–water partition coefficient (Wildman–Crippen LogP) is -0.838. The zero-order valence-electron chi connectivity index (χ0n) is 13.5. The molecule has 3 N–H and O–H groups in total. The number of carbonyl (C=O) groups excluding carboxylic acids is 2. The molecule has 1 saturated heterocycles. The quantitative estimate of drug-likeness (QED) is 0.667. The summed E-state index contributed by atoms with van der Waals surface area (Å²) >= 11 is 0. The summed E-state index contributed by atoms with van der Waals surface area (Å²) < 4.78 is 17.7. The lowest BCUT2D eigenvalue weighted by Crippen LogP contribution is -2.40. The van der Waals surface area contributed by atoms with Crippen molar-refractivity contribution in [2.24, 2.45) is 0 Å². The molecule has 134 valence electrons. The number of nitrogens with two attached hydrogens (primary N) is 1. The third-order valence-corrected chi connectivity index (χ3v) is 3.73. The van der Waals surface area contributed by atoms with Gasteiger partial charge in [0, 0.05) is 13.8 Å². The molecule has 0 radical (unpaired) electrons. The van der Waals surface area contributed by atoms with Crippen LogP contribution in [0.5, 0.6) is 0 Å². The number of nitrogens with zero attached hydrogens (tertiary/aromatic N) is 4. The molecule has 3 heterocycles. The third-order valence-electron chi connectivity index (χ3n) is 3.73. The Morgan fingerprint density at radius 3 is 2.56 bits per heavy atom. The van der Waals surface area contributed by atoms with Crippen LogP contribution < -0.4 is 5.73 Å². The smallest absolute Gasteiger partial charge is 0.303 e. The number of carbonyl (C=O) groups is 2. The van der Waals surface area contributed by atoms with Gasteiger partial charge in [-0.25, -0.2) is 15.0 Å². The molecule has 1 fully saturated rings. The van der Waals surface area contributed by atoms with Gasteiger partial charge in [-0.3, -0.25) is 14.2 Å². The van der Waals surface area contributed by atoms with E-state index >= 15 is 0 Å². The van der Waals surface area contributed by atoms with Gasteiger partial charge >= 0.3 is 11.9 Å². The predicted molar refractivity (Wildman–Crippen MR) is 81.8 cm³/mol. The molecule has 3 rings (SSSR count). The second kappa shape index (κ2) is 6.61. The van der Waals surface area contributed by atoms with Gasteiger partial charge in [0.1, 0.15) is 17.9 Å². The number of hydrogen-bond donors (Lipinski definition) is 2. The Hall–Kier alpha value is -2.79. The number of hydrogen-bond acceptors (Lipinski definition) is 10. The Labute approximate surface area is 141 Å². The summed E-state index contributed by atoms with van der Waals surface area (Å²) in [6, 6.07) is 0. The molecule has 0 saturated carbocycles. The lowest BCUT2D eigenvalue weighted by atomic mass is 10.1. The molecule has 0 aromatic carbocycles. The summed E-state index contributed by atoms with van der Waals surface area (Å²) in [6.07, 6.45) is -1.10. The van der Waals surface area contributed by atoms with Crippen molar-refractivity contribution in [1.29, 1.82) is 0 Å². The maximum absolute atomic E-state index is 11.5. The summed E-state index contributed by atoms with van der Waals surface area (Å²) in [5.74, 6) is -0.999. The number of imidazole rings is 1. The van der Waals surface area contributed by atoms with E-state index in [2.05, 4.69) is 15.0 Å².